The molecule has 0 saturated carbocycles. The maximum Gasteiger partial charge on any atom is 0.139 e. The summed E-state index contributed by atoms with van der Waals surface area (Å²) in [5.74, 6) is 0.125. The molecule has 0 radical (unpaired) electrons. The lowest BCUT2D eigenvalue weighted by Gasteiger charge is -2.10. The fourth-order valence-electron chi connectivity index (χ4n) is 1.97. The average Bonchev–Trinajstić information content (AvgIpc) is 2.41. The summed E-state index contributed by atoms with van der Waals surface area (Å²) in [5, 5.41) is 9.67. The molecule has 0 spiro atoms. The number of phenolic OH excluding ortho intramolecular Hbond substituents is 1. The van der Waals surface area contributed by atoms with E-state index < -0.39 is 0 Å². The van der Waals surface area contributed by atoms with Gasteiger partial charge in [0.1, 0.15) is 5.75 Å². The number of nitrogens with two attached hydrogens (primary N) is 1. The quantitative estimate of drug-likeness (QED) is 0.642. The normalized spacial score (nSPS) is 10.6. The minimum atomic E-state index is 0.125. The Bertz CT molecular complexity index is 542. The summed E-state index contributed by atoms with van der Waals surface area (Å²) in [4.78, 5) is 4.54. The number of rotatable bonds is 3. The fourth-order valence-corrected chi connectivity index (χ4v) is 1.97. The summed E-state index contributed by atoms with van der Waals surface area (Å²) >= 11 is 0. The third-order valence-electron chi connectivity index (χ3n) is 3.05. The summed E-state index contributed by atoms with van der Waals surface area (Å²) in [6, 6.07) is 9.39. The molecule has 0 aliphatic carbocycles. The Labute approximate surface area is 107 Å². The van der Waals surface area contributed by atoms with E-state index in [9.17, 15) is 5.11 Å². The van der Waals surface area contributed by atoms with Crippen LogP contribution < -0.4 is 5.73 Å². The number of phenols is 1. The zero-order valence-corrected chi connectivity index (χ0v) is 10.8. The smallest absolute Gasteiger partial charge is 0.139 e. The first-order chi connectivity index (χ1) is 8.65. The Morgan fingerprint density at radius 3 is 2.28 bits per heavy atom. The predicted molar refractivity (Wildman–Crippen MR) is 74.5 cm³/mol. The van der Waals surface area contributed by atoms with Crippen molar-refractivity contribution in [1.82, 2.24) is 4.98 Å². The summed E-state index contributed by atoms with van der Waals surface area (Å²) in [6.07, 6.45) is 1.78. The topological polar surface area (TPSA) is 59.1 Å². The van der Waals surface area contributed by atoms with Crippen molar-refractivity contribution in [2.75, 3.05) is 5.73 Å². The molecule has 0 saturated heterocycles. The Morgan fingerprint density at radius 1 is 1.11 bits per heavy atom. The molecule has 0 bridgehead atoms. The molecular formula is C15H18N2O. The van der Waals surface area contributed by atoms with Crippen LogP contribution in [-0.2, 0) is 12.8 Å². The molecule has 0 unspecified atom stereocenters. The highest BCUT2D eigenvalue weighted by Gasteiger charge is 2.08. The number of nitrogens with zero attached hydrogens (tertiary/aromatic N) is 1. The van der Waals surface area contributed by atoms with Crippen LogP contribution in [0.2, 0.25) is 0 Å². The van der Waals surface area contributed by atoms with Gasteiger partial charge >= 0.3 is 0 Å². The van der Waals surface area contributed by atoms with Gasteiger partial charge in [0.2, 0.25) is 0 Å². The van der Waals surface area contributed by atoms with Gasteiger partial charge in [0, 0.05) is 17.0 Å². The zero-order chi connectivity index (χ0) is 13.1. The van der Waals surface area contributed by atoms with E-state index in [1.807, 2.05) is 18.2 Å². The standard InChI is InChI=1S/C15H18N2O/c1-3-11-8-10(9-12(4-2)17-11)13-6-5-7-14(18)15(13)16/h5-9,18H,3-4,16H2,1-2H3. The number of pyridine rings is 1. The second kappa shape index (κ2) is 5.08. The van der Waals surface area contributed by atoms with Crippen molar-refractivity contribution in [3.05, 3.63) is 41.7 Å². The van der Waals surface area contributed by atoms with Gasteiger partial charge in [0.15, 0.2) is 0 Å². The van der Waals surface area contributed by atoms with Gasteiger partial charge in [-0.1, -0.05) is 26.0 Å². The zero-order valence-electron chi connectivity index (χ0n) is 10.8. The van der Waals surface area contributed by atoms with Crippen LogP contribution in [0.15, 0.2) is 30.3 Å². The molecule has 3 N–H and O–H groups in total. The minimum absolute atomic E-state index is 0.125. The van der Waals surface area contributed by atoms with E-state index >= 15 is 0 Å². The van der Waals surface area contributed by atoms with Crippen molar-refractivity contribution < 1.29 is 5.11 Å². The monoisotopic (exact) mass is 242 g/mol. The number of hydrogen-bond acceptors (Lipinski definition) is 3. The first kappa shape index (κ1) is 12.4. The molecule has 18 heavy (non-hydrogen) atoms. The van der Waals surface area contributed by atoms with Gasteiger partial charge in [-0.25, -0.2) is 0 Å². The summed E-state index contributed by atoms with van der Waals surface area (Å²) < 4.78 is 0. The largest absolute Gasteiger partial charge is 0.506 e. The van der Waals surface area contributed by atoms with Gasteiger partial charge in [-0.05, 0) is 36.6 Å². The lowest BCUT2D eigenvalue weighted by molar-refractivity contribution is 0.478. The van der Waals surface area contributed by atoms with Gasteiger partial charge in [-0.15, -0.1) is 0 Å². The van der Waals surface area contributed by atoms with Crippen molar-refractivity contribution in [1.29, 1.82) is 0 Å². The van der Waals surface area contributed by atoms with E-state index in [1.165, 1.54) is 0 Å². The molecule has 2 aromatic rings. The number of benzene rings is 1. The van der Waals surface area contributed by atoms with Crippen LogP contribution in [0.4, 0.5) is 5.69 Å². The Hall–Kier alpha value is -2.03. The van der Waals surface area contributed by atoms with Gasteiger partial charge < -0.3 is 10.8 Å². The number of hydrogen-bond donors (Lipinski definition) is 2. The number of para-hydroxylation sites is 1. The van der Waals surface area contributed by atoms with Crippen LogP contribution in [0.25, 0.3) is 11.1 Å². The highest BCUT2D eigenvalue weighted by Crippen LogP contribution is 2.32. The first-order valence-corrected chi connectivity index (χ1v) is 6.23. The molecule has 0 aliphatic heterocycles. The predicted octanol–water partition coefficient (Wildman–Crippen LogP) is 3.16. The lowest BCUT2D eigenvalue weighted by Crippen LogP contribution is -1.97. The van der Waals surface area contributed by atoms with E-state index in [0.29, 0.717) is 5.69 Å². The first-order valence-electron chi connectivity index (χ1n) is 6.23. The Balaban J connectivity index is 2.59. The van der Waals surface area contributed by atoms with Crippen molar-refractivity contribution >= 4 is 5.69 Å². The number of aromatic nitrogens is 1. The summed E-state index contributed by atoms with van der Waals surface area (Å²) in [7, 11) is 0. The molecule has 94 valence electrons. The van der Waals surface area contributed by atoms with Gasteiger partial charge in [0.05, 0.1) is 5.69 Å². The molecule has 2 rings (SSSR count). The lowest BCUT2D eigenvalue weighted by atomic mass is 10.0. The van der Waals surface area contributed by atoms with Crippen LogP contribution in [-0.4, -0.2) is 10.1 Å². The van der Waals surface area contributed by atoms with E-state index in [-0.39, 0.29) is 5.75 Å². The second-order valence-corrected chi connectivity index (χ2v) is 4.28. The van der Waals surface area contributed by atoms with Gasteiger partial charge in [0.25, 0.3) is 0 Å². The van der Waals surface area contributed by atoms with Crippen LogP contribution in [0.1, 0.15) is 25.2 Å². The molecule has 0 aliphatic rings. The Kier molecular flexibility index (Phi) is 3.51. The van der Waals surface area contributed by atoms with E-state index in [4.69, 9.17) is 5.73 Å². The number of anilines is 1. The number of nitrogen functional groups attached to an aromatic ring is 1. The summed E-state index contributed by atoms with van der Waals surface area (Å²) in [6.45, 7) is 4.16. The molecule has 3 nitrogen and oxygen atoms in total. The maximum absolute atomic E-state index is 9.67. The van der Waals surface area contributed by atoms with E-state index in [0.717, 1.165) is 35.4 Å². The average molecular weight is 242 g/mol. The van der Waals surface area contributed by atoms with E-state index in [2.05, 4.69) is 18.8 Å². The molecule has 1 aromatic heterocycles. The highest BCUT2D eigenvalue weighted by atomic mass is 16.3. The van der Waals surface area contributed by atoms with Crippen LogP contribution >= 0.6 is 0 Å². The molecule has 1 heterocycles. The number of aromatic hydroxyl groups is 1. The van der Waals surface area contributed by atoms with Crippen molar-refractivity contribution in [3.8, 4) is 16.9 Å². The van der Waals surface area contributed by atoms with E-state index in [1.54, 1.807) is 12.1 Å². The Morgan fingerprint density at radius 2 is 1.72 bits per heavy atom. The van der Waals surface area contributed by atoms with Crippen LogP contribution in [0.5, 0.6) is 5.75 Å². The summed E-state index contributed by atoms with van der Waals surface area (Å²) in [5.41, 5.74) is 10.3. The highest BCUT2D eigenvalue weighted by molar-refractivity contribution is 5.80. The van der Waals surface area contributed by atoms with Crippen molar-refractivity contribution in [2.24, 2.45) is 0 Å². The minimum Gasteiger partial charge on any atom is -0.506 e. The molecule has 0 fully saturated rings. The van der Waals surface area contributed by atoms with Crippen molar-refractivity contribution in [3.63, 3.8) is 0 Å². The molecule has 1 aromatic carbocycles. The molecule has 0 atom stereocenters. The SMILES string of the molecule is CCc1cc(-c2cccc(O)c2N)cc(CC)n1. The van der Waals surface area contributed by atoms with Crippen LogP contribution in [0.3, 0.4) is 0 Å². The third kappa shape index (κ3) is 2.30. The molecular weight excluding hydrogens is 224 g/mol. The molecule has 3 heteroatoms. The van der Waals surface area contributed by atoms with Crippen molar-refractivity contribution in [2.45, 2.75) is 26.7 Å². The second-order valence-electron chi connectivity index (χ2n) is 4.28. The fraction of sp³-hybridized carbons (Fsp3) is 0.267. The van der Waals surface area contributed by atoms with Gasteiger partial charge in [-0.3, -0.25) is 4.98 Å². The van der Waals surface area contributed by atoms with Gasteiger partial charge in [-0.2, -0.15) is 0 Å². The molecule has 0 amide bonds. The third-order valence-corrected chi connectivity index (χ3v) is 3.05. The maximum atomic E-state index is 9.67. The van der Waals surface area contributed by atoms with Crippen LogP contribution in [0, 0.1) is 0 Å². The number of aryl methyl sites for hydroxylation is 2.